The Balaban J connectivity index is 0.00000288. The molecule has 2 heterocycles. The third kappa shape index (κ3) is 6.58. The smallest absolute Gasteiger partial charge is 0.328 e. The summed E-state index contributed by atoms with van der Waals surface area (Å²) in [5.74, 6) is 0.528. The predicted octanol–water partition coefficient (Wildman–Crippen LogP) is 1.86. The first-order valence-corrected chi connectivity index (χ1v) is 8.53. The van der Waals surface area contributed by atoms with Gasteiger partial charge < -0.3 is 15.0 Å². The number of nitrogens with one attached hydrogen (secondary N) is 1. The van der Waals surface area contributed by atoms with Crippen LogP contribution in [0.5, 0.6) is 0 Å². The number of carbonyl (C=O) groups is 1. The minimum atomic E-state index is -0.466. The highest BCUT2D eigenvalue weighted by atomic mass is 127. The third-order valence-corrected chi connectivity index (χ3v) is 3.94. The molecule has 0 amide bonds. The van der Waals surface area contributed by atoms with Crippen LogP contribution >= 0.6 is 24.0 Å². The lowest BCUT2D eigenvalue weighted by Gasteiger charge is -2.25. The average Bonchev–Trinajstić information content (AvgIpc) is 3.11. The molecular weight excluding hydrogens is 419 g/mol. The maximum Gasteiger partial charge on any atom is 0.328 e. The average molecular weight is 450 g/mol. The fraction of sp³-hybridized carbons (Fsp3) is 0.765. The molecular formula is C17H31IN4O2. The minimum absolute atomic E-state index is 0. The van der Waals surface area contributed by atoms with Gasteiger partial charge in [0.25, 0.3) is 0 Å². The van der Waals surface area contributed by atoms with Crippen LogP contribution < -0.4 is 5.32 Å². The number of likely N-dealkylation sites (tertiary alicyclic amines) is 1. The summed E-state index contributed by atoms with van der Waals surface area (Å²) < 4.78 is 5.32. The molecule has 24 heavy (non-hydrogen) atoms. The van der Waals surface area contributed by atoms with Crippen molar-refractivity contribution in [2.75, 3.05) is 39.3 Å². The zero-order valence-electron chi connectivity index (χ0n) is 15.2. The van der Waals surface area contributed by atoms with Crippen LogP contribution in [-0.2, 0) is 9.53 Å². The SMILES string of the molecule is CCNC(=NCC(=O)OC(C)(C)C)N1CCC(N2CC=CC2)C1.I. The highest BCUT2D eigenvalue weighted by Crippen LogP contribution is 2.18. The topological polar surface area (TPSA) is 57.2 Å². The molecule has 1 N–H and O–H groups in total. The van der Waals surface area contributed by atoms with E-state index in [-0.39, 0.29) is 36.5 Å². The predicted molar refractivity (Wildman–Crippen MR) is 108 cm³/mol. The highest BCUT2D eigenvalue weighted by Gasteiger charge is 2.29. The summed E-state index contributed by atoms with van der Waals surface area (Å²) in [5.41, 5.74) is -0.466. The van der Waals surface area contributed by atoms with Gasteiger partial charge in [0.1, 0.15) is 12.1 Å². The van der Waals surface area contributed by atoms with Gasteiger partial charge in [0.2, 0.25) is 0 Å². The fourth-order valence-corrected chi connectivity index (χ4v) is 2.96. The zero-order chi connectivity index (χ0) is 16.9. The second-order valence-electron chi connectivity index (χ2n) is 7.07. The summed E-state index contributed by atoms with van der Waals surface area (Å²) in [6.45, 7) is 12.5. The molecule has 0 bridgehead atoms. The van der Waals surface area contributed by atoms with Gasteiger partial charge in [-0.15, -0.1) is 24.0 Å². The Bertz CT molecular complexity index is 466. The van der Waals surface area contributed by atoms with E-state index >= 15 is 0 Å². The summed E-state index contributed by atoms with van der Waals surface area (Å²) in [6, 6.07) is 0.565. The highest BCUT2D eigenvalue weighted by molar-refractivity contribution is 14.0. The van der Waals surface area contributed by atoms with Crippen molar-refractivity contribution in [3.05, 3.63) is 12.2 Å². The first-order chi connectivity index (χ1) is 10.9. The molecule has 0 spiro atoms. The second kappa shape index (κ2) is 9.60. The molecule has 0 aromatic rings. The Labute approximate surface area is 162 Å². The Hall–Kier alpha value is -0.830. The van der Waals surface area contributed by atoms with Crippen molar-refractivity contribution in [2.24, 2.45) is 4.99 Å². The number of carbonyl (C=O) groups excluding carboxylic acids is 1. The van der Waals surface area contributed by atoms with Crippen LogP contribution in [0.3, 0.4) is 0 Å². The molecule has 1 atom stereocenters. The number of esters is 1. The van der Waals surface area contributed by atoms with Crippen LogP contribution in [0.15, 0.2) is 17.1 Å². The molecule has 0 aliphatic carbocycles. The molecule has 1 saturated heterocycles. The maximum atomic E-state index is 11.9. The summed E-state index contributed by atoms with van der Waals surface area (Å²) in [4.78, 5) is 21.1. The molecule has 1 unspecified atom stereocenters. The Morgan fingerprint density at radius 3 is 2.58 bits per heavy atom. The van der Waals surface area contributed by atoms with E-state index in [2.05, 4.69) is 32.3 Å². The molecule has 0 saturated carbocycles. The zero-order valence-corrected chi connectivity index (χ0v) is 17.6. The first kappa shape index (κ1) is 21.2. The van der Waals surface area contributed by atoms with Gasteiger partial charge in [-0.25, -0.2) is 4.99 Å². The van der Waals surface area contributed by atoms with Crippen molar-refractivity contribution in [1.82, 2.24) is 15.1 Å². The maximum absolute atomic E-state index is 11.9. The number of hydrogen-bond donors (Lipinski definition) is 1. The fourth-order valence-electron chi connectivity index (χ4n) is 2.96. The minimum Gasteiger partial charge on any atom is -0.459 e. The molecule has 2 aliphatic rings. The molecule has 2 rings (SSSR count). The lowest BCUT2D eigenvalue weighted by Crippen LogP contribution is -2.43. The summed E-state index contributed by atoms with van der Waals surface area (Å²) in [7, 11) is 0. The van der Waals surface area contributed by atoms with Crippen LogP contribution in [-0.4, -0.2) is 72.6 Å². The number of aliphatic imine (C=N–C) groups is 1. The van der Waals surface area contributed by atoms with E-state index in [9.17, 15) is 4.79 Å². The molecule has 0 aromatic carbocycles. The van der Waals surface area contributed by atoms with Gasteiger partial charge in [0, 0.05) is 38.8 Å². The van der Waals surface area contributed by atoms with Crippen LogP contribution in [0, 0.1) is 0 Å². The third-order valence-electron chi connectivity index (χ3n) is 3.94. The number of guanidine groups is 1. The van der Waals surface area contributed by atoms with Crippen LogP contribution in [0.4, 0.5) is 0 Å². The van der Waals surface area contributed by atoms with E-state index in [1.165, 1.54) is 0 Å². The van der Waals surface area contributed by atoms with Crippen LogP contribution in [0.25, 0.3) is 0 Å². The molecule has 0 aromatic heterocycles. The quantitative estimate of drug-likeness (QED) is 0.233. The van der Waals surface area contributed by atoms with Gasteiger partial charge >= 0.3 is 5.97 Å². The van der Waals surface area contributed by atoms with Crippen LogP contribution in [0.1, 0.15) is 34.1 Å². The number of hydrogen-bond acceptors (Lipinski definition) is 4. The number of halogens is 1. The summed E-state index contributed by atoms with van der Waals surface area (Å²) in [6.07, 6.45) is 5.59. The largest absolute Gasteiger partial charge is 0.459 e. The van der Waals surface area contributed by atoms with Gasteiger partial charge in [-0.1, -0.05) is 12.2 Å². The normalized spacial score (nSPS) is 21.8. The van der Waals surface area contributed by atoms with E-state index < -0.39 is 5.60 Å². The lowest BCUT2D eigenvalue weighted by atomic mass is 10.2. The summed E-state index contributed by atoms with van der Waals surface area (Å²) in [5, 5.41) is 3.29. The number of ether oxygens (including phenoxy) is 1. The number of nitrogens with zero attached hydrogens (tertiary/aromatic N) is 3. The van der Waals surface area contributed by atoms with E-state index in [1.807, 2.05) is 27.7 Å². The number of rotatable bonds is 4. The Morgan fingerprint density at radius 1 is 1.33 bits per heavy atom. The van der Waals surface area contributed by atoms with Gasteiger partial charge in [-0.3, -0.25) is 9.69 Å². The first-order valence-electron chi connectivity index (χ1n) is 8.53. The van der Waals surface area contributed by atoms with Gasteiger partial charge in [0.05, 0.1) is 0 Å². The molecule has 0 radical (unpaired) electrons. The molecule has 2 aliphatic heterocycles. The van der Waals surface area contributed by atoms with Crippen molar-refractivity contribution >= 4 is 35.9 Å². The second-order valence-corrected chi connectivity index (χ2v) is 7.07. The van der Waals surface area contributed by atoms with E-state index in [0.29, 0.717) is 6.04 Å². The van der Waals surface area contributed by atoms with Crippen molar-refractivity contribution in [1.29, 1.82) is 0 Å². The molecule has 1 fully saturated rings. The summed E-state index contributed by atoms with van der Waals surface area (Å²) >= 11 is 0. The van der Waals surface area contributed by atoms with Crippen molar-refractivity contribution in [3.63, 3.8) is 0 Å². The molecule has 138 valence electrons. The van der Waals surface area contributed by atoms with Crippen molar-refractivity contribution in [3.8, 4) is 0 Å². The molecule has 6 nitrogen and oxygen atoms in total. The standard InChI is InChI=1S/C17H30N4O2.HI/c1-5-18-16(19-12-15(22)23-17(2,3)4)21-11-8-14(13-21)20-9-6-7-10-20;/h6-7,14H,5,8-13H2,1-4H3,(H,18,19);1H. The van der Waals surface area contributed by atoms with Gasteiger partial charge in [-0.05, 0) is 34.1 Å². The van der Waals surface area contributed by atoms with Gasteiger partial charge in [-0.2, -0.15) is 0 Å². The van der Waals surface area contributed by atoms with E-state index in [4.69, 9.17) is 4.74 Å². The lowest BCUT2D eigenvalue weighted by molar-refractivity contribution is -0.152. The van der Waals surface area contributed by atoms with Gasteiger partial charge in [0.15, 0.2) is 5.96 Å². The Morgan fingerprint density at radius 2 is 2.00 bits per heavy atom. The van der Waals surface area contributed by atoms with E-state index in [1.54, 1.807) is 0 Å². The molecule has 7 heteroatoms. The monoisotopic (exact) mass is 450 g/mol. The van der Waals surface area contributed by atoms with E-state index in [0.717, 1.165) is 45.1 Å². The van der Waals surface area contributed by atoms with Crippen molar-refractivity contribution < 1.29 is 9.53 Å². The van der Waals surface area contributed by atoms with Crippen molar-refractivity contribution in [2.45, 2.75) is 45.8 Å². The Kier molecular flexibility index (Phi) is 8.49. The van der Waals surface area contributed by atoms with Crippen LogP contribution in [0.2, 0.25) is 0 Å².